The lowest BCUT2D eigenvalue weighted by atomic mass is 10.0. The minimum atomic E-state index is -0.346. The molecule has 1 aromatic heterocycles. The summed E-state index contributed by atoms with van der Waals surface area (Å²) in [5.74, 6) is -0.120. The quantitative estimate of drug-likeness (QED) is 0.829. The summed E-state index contributed by atoms with van der Waals surface area (Å²) >= 11 is 6.15. The van der Waals surface area contributed by atoms with Crippen molar-refractivity contribution in [3.63, 3.8) is 0 Å². The van der Waals surface area contributed by atoms with Crippen molar-refractivity contribution >= 4 is 17.6 Å². The van der Waals surface area contributed by atoms with Crippen molar-refractivity contribution in [2.24, 2.45) is 13.0 Å². The Labute approximate surface area is 112 Å². The molecule has 18 heavy (non-hydrogen) atoms. The molecule has 5 nitrogen and oxygen atoms in total. The van der Waals surface area contributed by atoms with E-state index in [1.807, 2.05) is 27.8 Å². The highest BCUT2D eigenvalue weighted by Crippen LogP contribution is 2.19. The number of halogens is 1. The van der Waals surface area contributed by atoms with Gasteiger partial charge >= 0.3 is 5.97 Å². The first-order valence-electron chi connectivity index (χ1n) is 5.87. The van der Waals surface area contributed by atoms with Gasteiger partial charge < -0.3 is 4.74 Å². The average molecular weight is 274 g/mol. The Bertz CT molecular complexity index is 429. The molecule has 0 aliphatic carbocycles. The number of aryl methyl sites for hydroxylation is 2. The van der Waals surface area contributed by atoms with E-state index in [1.165, 1.54) is 7.11 Å². The molecule has 0 radical (unpaired) electrons. The van der Waals surface area contributed by atoms with Gasteiger partial charge in [0, 0.05) is 13.6 Å². The van der Waals surface area contributed by atoms with Crippen molar-refractivity contribution in [2.75, 3.05) is 7.11 Å². The van der Waals surface area contributed by atoms with Crippen molar-refractivity contribution in [1.29, 1.82) is 0 Å². The number of carbonyl (C=O) groups is 1. The Balaban J connectivity index is 2.76. The minimum Gasteiger partial charge on any atom is -0.468 e. The lowest BCUT2D eigenvalue weighted by molar-refractivity contribution is -0.144. The number of aromatic nitrogens is 2. The number of hydrogen-bond acceptors (Lipinski definition) is 4. The molecule has 1 N–H and O–H groups in total. The van der Waals surface area contributed by atoms with E-state index in [2.05, 4.69) is 10.4 Å². The summed E-state index contributed by atoms with van der Waals surface area (Å²) in [6, 6.07) is -0.346. The number of ether oxygens (including phenoxy) is 1. The molecule has 1 heterocycles. The van der Waals surface area contributed by atoms with Crippen LogP contribution in [0, 0.1) is 12.8 Å². The van der Waals surface area contributed by atoms with Gasteiger partial charge in [-0.3, -0.25) is 14.8 Å². The number of hydrogen-bond donors (Lipinski definition) is 1. The Morgan fingerprint density at radius 1 is 1.56 bits per heavy atom. The zero-order valence-electron chi connectivity index (χ0n) is 11.5. The monoisotopic (exact) mass is 273 g/mol. The third kappa shape index (κ3) is 3.23. The molecule has 0 bridgehead atoms. The normalized spacial score (nSPS) is 12.8. The molecule has 6 heteroatoms. The van der Waals surface area contributed by atoms with Gasteiger partial charge in [-0.1, -0.05) is 25.4 Å². The van der Waals surface area contributed by atoms with Crippen LogP contribution in [0.15, 0.2) is 0 Å². The third-order valence-corrected chi connectivity index (χ3v) is 3.36. The standard InChI is InChI=1S/C12H20ClN3O2/c1-7(2)11(12(17)18-5)14-6-9-10(13)8(3)15-16(9)4/h7,11,14H,6H2,1-5H3. The maximum absolute atomic E-state index is 11.6. The maximum atomic E-state index is 11.6. The maximum Gasteiger partial charge on any atom is 0.323 e. The highest BCUT2D eigenvalue weighted by Gasteiger charge is 2.23. The van der Waals surface area contributed by atoms with Crippen LogP contribution in [0.25, 0.3) is 0 Å². The summed E-state index contributed by atoms with van der Waals surface area (Å²) in [5, 5.41) is 8.02. The summed E-state index contributed by atoms with van der Waals surface area (Å²) in [4.78, 5) is 11.6. The van der Waals surface area contributed by atoms with Crippen molar-refractivity contribution < 1.29 is 9.53 Å². The second kappa shape index (κ2) is 6.20. The third-order valence-electron chi connectivity index (χ3n) is 2.87. The van der Waals surface area contributed by atoms with Crippen molar-refractivity contribution in [1.82, 2.24) is 15.1 Å². The van der Waals surface area contributed by atoms with E-state index in [0.29, 0.717) is 11.6 Å². The largest absolute Gasteiger partial charge is 0.468 e. The summed E-state index contributed by atoms with van der Waals surface area (Å²) in [6.07, 6.45) is 0. The average Bonchev–Trinajstić information content (AvgIpc) is 2.54. The SMILES string of the molecule is COC(=O)C(NCc1c(Cl)c(C)nn1C)C(C)C. The van der Waals surface area contributed by atoms with Crippen LogP contribution < -0.4 is 5.32 Å². The van der Waals surface area contributed by atoms with E-state index in [9.17, 15) is 4.79 Å². The molecule has 0 fully saturated rings. The van der Waals surface area contributed by atoms with E-state index < -0.39 is 0 Å². The molecule has 1 unspecified atom stereocenters. The van der Waals surface area contributed by atoms with Gasteiger partial charge in [-0.25, -0.2) is 0 Å². The molecule has 0 amide bonds. The Morgan fingerprint density at radius 3 is 2.56 bits per heavy atom. The molecule has 1 rings (SSSR count). The van der Waals surface area contributed by atoms with Gasteiger partial charge in [0.15, 0.2) is 0 Å². The van der Waals surface area contributed by atoms with Gasteiger partial charge in [0.25, 0.3) is 0 Å². The van der Waals surface area contributed by atoms with Crippen LogP contribution >= 0.6 is 11.6 Å². The summed E-state index contributed by atoms with van der Waals surface area (Å²) in [5.41, 5.74) is 1.65. The van der Waals surface area contributed by atoms with Gasteiger partial charge in [-0.2, -0.15) is 5.10 Å². The van der Waals surface area contributed by atoms with E-state index in [-0.39, 0.29) is 17.9 Å². The number of methoxy groups -OCH3 is 1. The van der Waals surface area contributed by atoms with Crippen LogP contribution in [0.4, 0.5) is 0 Å². The zero-order chi connectivity index (χ0) is 13.9. The number of nitrogens with one attached hydrogen (secondary N) is 1. The van der Waals surface area contributed by atoms with E-state index in [0.717, 1.165) is 11.4 Å². The fourth-order valence-electron chi connectivity index (χ4n) is 1.80. The van der Waals surface area contributed by atoms with Crippen molar-refractivity contribution in [3.8, 4) is 0 Å². The number of nitrogens with zero attached hydrogens (tertiary/aromatic N) is 2. The minimum absolute atomic E-state index is 0.144. The molecule has 0 aromatic carbocycles. The molecule has 0 aliphatic heterocycles. The first kappa shape index (κ1) is 15.0. The summed E-state index contributed by atoms with van der Waals surface area (Å²) in [7, 11) is 3.22. The summed E-state index contributed by atoms with van der Waals surface area (Å²) in [6.45, 7) is 6.26. The Hall–Kier alpha value is -1.07. The van der Waals surface area contributed by atoms with Gasteiger partial charge in [-0.05, 0) is 12.8 Å². The van der Waals surface area contributed by atoms with Crippen LogP contribution in [0.1, 0.15) is 25.2 Å². The molecule has 0 saturated heterocycles. The van der Waals surface area contributed by atoms with Crippen LogP contribution in [0.3, 0.4) is 0 Å². The zero-order valence-corrected chi connectivity index (χ0v) is 12.2. The van der Waals surface area contributed by atoms with Crippen LogP contribution in [-0.2, 0) is 23.1 Å². The number of rotatable bonds is 5. The first-order chi connectivity index (χ1) is 8.38. The molecule has 0 saturated carbocycles. The fraction of sp³-hybridized carbons (Fsp3) is 0.667. The number of esters is 1. The van der Waals surface area contributed by atoms with Gasteiger partial charge in [0.2, 0.25) is 0 Å². The second-order valence-corrected chi connectivity index (χ2v) is 4.97. The first-order valence-corrected chi connectivity index (χ1v) is 6.25. The van der Waals surface area contributed by atoms with Crippen molar-refractivity contribution in [3.05, 3.63) is 16.4 Å². The lowest BCUT2D eigenvalue weighted by Crippen LogP contribution is -2.41. The van der Waals surface area contributed by atoms with Gasteiger partial charge in [-0.15, -0.1) is 0 Å². The second-order valence-electron chi connectivity index (χ2n) is 4.60. The number of carbonyl (C=O) groups excluding carboxylic acids is 1. The topological polar surface area (TPSA) is 56.1 Å². The van der Waals surface area contributed by atoms with Gasteiger partial charge in [0.1, 0.15) is 6.04 Å². The van der Waals surface area contributed by atoms with E-state index in [4.69, 9.17) is 16.3 Å². The van der Waals surface area contributed by atoms with Crippen LogP contribution in [0.5, 0.6) is 0 Å². The highest BCUT2D eigenvalue weighted by atomic mass is 35.5. The smallest absolute Gasteiger partial charge is 0.323 e. The Morgan fingerprint density at radius 2 is 2.17 bits per heavy atom. The fourth-order valence-corrected chi connectivity index (χ4v) is 2.02. The van der Waals surface area contributed by atoms with E-state index >= 15 is 0 Å². The van der Waals surface area contributed by atoms with Crippen molar-refractivity contribution in [2.45, 2.75) is 33.4 Å². The Kier molecular flexibility index (Phi) is 5.16. The van der Waals surface area contributed by atoms with Crippen LogP contribution in [-0.4, -0.2) is 28.9 Å². The molecule has 102 valence electrons. The highest BCUT2D eigenvalue weighted by molar-refractivity contribution is 6.31. The predicted octanol–water partition coefficient (Wildman–Crippen LogP) is 1.67. The molecule has 1 atom stereocenters. The molecule has 0 spiro atoms. The van der Waals surface area contributed by atoms with Gasteiger partial charge in [0.05, 0.1) is 23.5 Å². The lowest BCUT2D eigenvalue weighted by Gasteiger charge is -2.19. The van der Waals surface area contributed by atoms with Crippen LogP contribution in [0.2, 0.25) is 5.02 Å². The predicted molar refractivity (Wildman–Crippen MR) is 70.4 cm³/mol. The molecule has 0 aliphatic rings. The summed E-state index contributed by atoms with van der Waals surface area (Å²) < 4.78 is 6.49. The molecular formula is C12H20ClN3O2. The van der Waals surface area contributed by atoms with E-state index in [1.54, 1.807) is 4.68 Å². The molecular weight excluding hydrogens is 254 g/mol. The molecule has 1 aromatic rings.